The lowest BCUT2D eigenvalue weighted by molar-refractivity contribution is -0.385. The lowest BCUT2D eigenvalue weighted by atomic mass is 10.1. The third-order valence-corrected chi connectivity index (χ3v) is 2.88. The number of nitriles is 1. The molecule has 0 aromatic heterocycles. The number of aliphatic hydroxyl groups is 1. The van der Waals surface area contributed by atoms with E-state index >= 15 is 0 Å². The zero-order valence-corrected chi connectivity index (χ0v) is 11.2. The first-order valence-electron chi connectivity index (χ1n) is 6.15. The molecule has 21 heavy (non-hydrogen) atoms. The Bertz CT molecular complexity index is 703. The van der Waals surface area contributed by atoms with Crippen molar-refractivity contribution in [3.8, 4) is 17.6 Å². The van der Waals surface area contributed by atoms with E-state index in [9.17, 15) is 15.2 Å². The Kier molecular flexibility index (Phi) is 4.16. The van der Waals surface area contributed by atoms with Crippen LogP contribution < -0.4 is 4.74 Å². The number of rotatable bonds is 4. The number of hydrogen-bond donors (Lipinski definition) is 1. The lowest BCUT2D eigenvalue weighted by Gasteiger charge is -2.08. The average Bonchev–Trinajstić information content (AvgIpc) is 2.48. The number of nitro benzene ring substituents is 1. The summed E-state index contributed by atoms with van der Waals surface area (Å²) in [5, 5.41) is 29.2. The second-order valence-corrected chi connectivity index (χ2v) is 4.40. The van der Waals surface area contributed by atoms with Gasteiger partial charge in [0, 0.05) is 6.07 Å². The molecule has 6 nitrogen and oxygen atoms in total. The molecule has 2 aromatic rings. The van der Waals surface area contributed by atoms with E-state index in [1.54, 1.807) is 31.2 Å². The molecule has 0 unspecified atom stereocenters. The van der Waals surface area contributed by atoms with Crippen LogP contribution in [0.3, 0.4) is 0 Å². The fourth-order valence-electron chi connectivity index (χ4n) is 1.76. The minimum Gasteiger partial charge on any atom is -0.450 e. The van der Waals surface area contributed by atoms with Crippen molar-refractivity contribution in [1.29, 1.82) is 5.26 Å². The zero-order chi connectivity index (χ0) is 15.4. The Labute approximate surface area is 121 Å². The SMILES string of the molecule is C[C@H](O)c1ccc(Oc2ccc(C#N)cc2[N+](=O)[O-])cc1. The van der Waals surface area contributed by atoms with Crippen LogP contribution in [0.1, 0.15) is 24.2 Å². The van der Waals surface area contributed by atoms with Crippen molar-refractivity contribution < 1.29 is 14.8 Å². The van der Waals surface area contributed by atoms with Crippen LogP contribution in [-0.2, 0) is 0 Å². The van der Waals surface area contributed by atoms with Crippen molar-refractivity contribution in [2.24, 2.45) is 0 Å². The molecule has 0 radical (unpaired) electrons. The van der Waals surface area contributed by atoms with Gasteiger partial charge in [0.1, 0.15) is 5.75 Å². The molecule has 0 aliphatic carbocycles. The molecule has 0 aliphatic rings. The Morgan fingerprint density at radius 2 is 1.95 bits per heavy atom. The first-order valence-corrected chi connectivity index (χ1v) is 6.15. The Hall–Kier alpha value is -2.91. The van der Waals surface area contributed by atoms with Crippen LogP contribution in [0.2, 0.25) is 0 Å². The zero-order valence-electron chi connectivity index (χ0n) is 11.2. The monoisotopic (exact) mass is 284 g/mol. The number of hydrogen-bond acceptors (Lipinski definition) is 5. The summed E-state index contributed by atoms with van der Waals surface area (Å²) in [6.45, 7) is 1.64. The van der Waals surface area contributed by atoms with E-state index in [4.69, 9.17) is 10.00 Å². The van der Waals surface area contributed by atoms with Gasteiger partial charge in [-0.1, -0.05) is 12.1 Å². The topological polar surface area (TPSA) is 96.4 Å². The highest BCUT2D eigenvalue weighted by Gasteiger charge is 2.17. The molecule has 1 atom stereocenters. The van der Waals surface area contributed by atoms with Crippen molar-refractivity contribution in [2.75, 3.05) is 0 Å². The second-order valence-electron chi connectivity index (χ2n) is 4.40. The molecule has 0 heterocycles. The molecular weight excluding hydrogens is 272 g/mol. The highest BCUT2D eigenvalue weighted by Crippen LogP contribution is 2.32. The summed E-state index contributed by atoms with van der Waals surface area (Å²) in [4.78, 5) is 10.4. The molecule has 0 aliphatic heterocycles. The van der Waals surface area contributed by atoms with Crippen molar-refractivity contribution >= 4 is 5.69 Å². The van der Waals surface area contributed by atoms with E-state index in [0.29, 0.717) is 5.75 Å². The van der Waals surface area contributed by atoms with Gasteiger partial charge in [0.2, 0.25) is 5.75 Å². The van der Waals surface area contributed by atoms with Gasteiger partial charge in [0.25, 0.3) is 0 Å². The summed E-state index contributed by atoms with van der Waals surface area (Å²) in [5.74, 6) is 0.469. The van der Waals surface area contributed by atoms with Crippen LogP contribution in [0.25, 0.3) is 0 Å². The maximum Gasteiger partial charge on any atom is 0.312 e. The number of ether oxygens (including phenoxy) is 1. The van der Waals surface area contributed by atoms with Crippen molar-refractivity contribution in [1.82, 2.24) is 0 Å². The summed E-state index contributed by atoms with van der Waals surface area (Å²) in [6, 6.07) is 12.4. The van der Waals surface area contributed by atoms with Gasteiger partial charge in [-0.15, -0.1) is 0 Å². The quantitative estimate of drug-likeness (QED) is 0.686. The fraction of sp³-hybridized carbons (Fsp3) is 0.133. The molecule has 1 N–H and O–H groups in total. The van der Waals surface area contributed by atoms with E-state index < -0.39 is 11.0 Å². The number of nitro groups is 1. The molecule has 2 aromatic carbocycles. The van der Waals surface area contributed by atoms with Gasteiger partial charge < -0.3 is 9.84 Å². The second kappa shape index (κ2) is 6.03. The van der Waals surface area contributed by atoms with Gasteiger partial charge in [-0.3, -0.25) is 10.1 Å². The van der Waals surface area contributed by atoms with E-state index in [1.807, 2.05) is 6.07 Å². The lowest BCUT2D eigenvalue weighted by Crippen LogP contribution is -1.95. The molecule has 6 heteroatoms. The largest absolute Gasteiger partial charge is 0.450 e. The first kappa shape index (κ1) is 14.5. The number of benzene rings is 2. The summed E-state index contributed by atoms with van der Waals surface area (Å²) < 4.78 is 5.47. The number of aliphatic hydroxyl groups excluding tert-OH is 1. The summed E-state index contributed by atoms with van der Waals surface area (Å²) >= 11 is 0. The third kappa shape index (κ3) is 3.35. The summed E-state index contributed by atoms with van der Waals surface area (Å²) in [7, 11) is 0. The normalized spacial score (nSPS) is 11.5. The highest BCUT2D eigenvalue weighted by atomic mass is 16.6. The molecule has 0 fully saturated rings. The summed E-state index contributed by atoms with van der Waals surface area (Å²) in [5.41, 5.74) is 0.642. The first-order chi connectivity index (χ1) is 10.0. The average molecular weight is 284 g/mol. The summed E-state index contributed by atoms with van der Waals surface area (Å²) in [6.07, 6.45) is -0.594. The van der Waals surface area contributed by atoms with Gasteiger partial charge >= 0.3 is 5.69 Å². The fourth-order valence-corrected chi connectivity index (χ4v) is 1.76. The predicted octanol–water partition coefficient (Wildman–Crippen LogP) is 3.31. The minimum absolute atomic E-state index is 0.0591. The van der Waals surface area contributed by atoms with E-state index in [1.165, 1.54) is 18.2 Å². The highest BCUT2D eigenvalue weighted by molar-refractivity contribution is 5.53. The van der Waals surface area contributed by atoms with Crippen molar-refractivity contribution in [3.05, 3.63) is 63.7 Å². The molecule has 0 saturated carbocycles. The number of nitrogens with zero attached hydrogens (tertiary/aromatic N) is 2. The minimum atomic E-state index is -0.597. The Morgan fingerprint density at radius 3 is 2.48 bits per heavy atom. The molecule has 0 saturated heterocycles. The Morgan fingerprint density at radius 1 is 1.29 bits per heavy atom. The van der Waals surface area contributed by atoms with Crippen LogP contribution in [0, 0.1) is 21.4 Å². The molecular formula is C15H12N2O4. The van der Waals surface area contributed by atoms with Gasteiger partial charge in [0.15, 0.2) is 0 Å². The van der Waals surface area contributed by atoms with E-state index in [2.05, 4.69) is 0 Å². The van der Waals surface area contributed by atoms with Gasteiger partial charge in [-0.25, -0.2) is 0 Å². The molecule has 0 spiro atoms. The van der Waals surface area contributed by atoms with E-state index in [0.717, 1.165) is 5.56 Å². The van der Waals surface area contributed by atoms with Crippen LogP contribution in [0.15, 0.2) is 42.5 Å². The third-order valence-electron chi connectivity index (χ3n) is 2.88. The van der Waals surface area contributed by atoms with Crippen LogP contribution in [0.5, 0.6) is 11.5 Å². The van der Waals surface area contributed by atoms with E-state index in [-0.39, 0.29) is 17.0 Å². The molecule has 0 bridgehead atoms. The molecule has 106 valence electrons. The molecule has 2 rings (SSSR count). The van der Waals surface area contributed by atoms with Crippen LogP contribution in [-0.4, -0.2) is 10.0 Å². The maximum atomic E-state index is 11.0. The van der Waals surface area contributed by atoms with Crippen LogP contribution >= 0.6 is 0 Å². The van der Waals surface area contributed by atoms with Gasteiger partial charge in [0.05, 0.1) is 22.7 Å². The van der Waals surface area contributed by atoms with Gasteiger partial charge in [-0.05, 0) is 36.8 Å². The maximum absolute atomic E-state index is 11.0. The molecule has 0 amide bonds. The van der Waals surface area contributed by atoms with Crippen molar-refractivity contribution in [2.45, 2.75) is 13.0 Å². The van der Waals surface area contributed by atoms with Crippen LogP contribution in [0.4, 0.5) is 5.69 Å². The predicted molar refractivity (Wildman–Crippen MR) is 75.0 cm³/mol. The van der Waals surface area contributed by atoms with Crippen molar-refractivity contribution in [3.63, 3.8) is 0 Å². The smallest absolute Gasteiger partial charge is 0.312 e. The Balaban J connectivity index is 2.31. The standard InChI is InChI=1S/C15H12N2O4/c1-10(18)12-3-5-13(6-4-12)21-15-7-2-11(9-16)8-14(15)17(19)20/h2-8,10,18H,1H3/t10-/m0/s1. The van der Waals surface area contributed by atoms with Gasteiger partial charge in [-0.2, -0.15) is 5.26 Å².